The first kappa shape index (κ1) is 19.8. The number of ether oxygens (including phenoxy) is 3. The van der Waals surface area contributed by atoms with Crippen molar-refractivity contribution in [1.82, 2.24) is 0 Å². The van der Waals surface area contributed by atoms with Crippen LogP contribution in [0, 0.1) is 0 Å². The molecule has 3 aromatic rings. The van der Waals surface area contributed by atoms with Crippen LogP contribution in [-0.2, 0) is 13.2 Å². The molecule has 3 heteroatoms. The fourth-order valence-corrected chi connectivity index (χ4v) is 2.82. The van der Waals surface area contributed by atoms with Crippen molar-refractivity contribution >= 4 is 0 Å². The highest BCUT2D eigenvalue weighted by Gasteiger charge is 2.09. The maximum absolute atomic E-state index is 6.07. The summed E-state index contributed by atoms with van der Waals surface area (Å²) >= 11 is 0. The largest absolute Gasteiger partial charge is 0.490 e. The highest BCUT2D eigenvalue weighted by Crippen LogP contribution is 2.33. The zero-order valence-electron chi connectivity index (χ0n) is 16.5. The molecule has 0 aliphatic heterocycles. The Balaban J connectivity index is 1.67. The predicted molar refractivity (Wildman–Crippen MR) is 113 cm³/mol. The second-order valence-electron chi connectivity index (χ2n) is 6.71. The molecule has 0 bridgehead atoms. The van der Waals surface area contributed by atoms with Crippen LogP contribution in [0.2, 0.25) is 0 Å². The fraction of sp³-hybridized carbons (Fsp3) is 0.280. The Morgan fingerprint density at radius 2 is 1.25 bits per heavy atom. The molecule has 0 atom stereocenters. The molecule has 3 nitrogen and oxygen atoms in total. The molecule has 0 heterocycles. The third-order valence-corrected chi connectivity index (χ3v) is 4.41. The highest BCUT2D eigenvalue weighted by molar-refractivity contribution is 5.45. The van der Waals surface area contributed by atoms with E-state index in [2.05, 4.69) is 31.2 Å². The summed E-state index contributed by atoms with van der Waals surface area (Å²) in [6, 6.07) is 26.1. The quantitative estimate of drug-likeness (QED) is 0.362. The molecule has 0 radical (unpaired) electrons. The molecule has 0 aromatic heterocycles. The van der Waals surface area contributed by atoms with E-state index in [4.69, 9.17) is 14.2 Å². The van der Waals surface area contributed by atoms with E-state index in [0.29, 0.717) is 25.6 Å². The van der Waals surface area contributed by atoms with Gasteiger partial charge in [-0.15, -0.1) is 0 Å². The lowest BCUT2D eigenvalue weighted by atomic mass is 10.2. The molecule has 3 rings (SSSR count). The molecule has 3 aromatic carbocycles. The Bertz CT molecular complexity index is 816. The summed E-state index contributed by atoms with van der Waals surface area (Å²) in [5.74, 6) is 2.25. The second-order valence-corrected chi connectivity index (χ2v) is 6.71. The van der Waals surface area contributed by atoms with Gasteiger partial charge in [0.15, 0.2) is 11.5 Å². The van der Waals surface area contributed by atoms with Gasteiger partial charge in [0.25, 0.3) is 0 Å². The zero-order valence-corrected chi connectivity index (χ0v) is 16.5. The van der Waals surface area contributed by atoms with E-state index in [0.717, 1.165) is 29.0 Å². The predicted octanol–water partition coefficient (Wildman–Crippen LogP) is 6.41. The number of unbranched alkanes of at least 4 members (excludes halogenated alkanes) is 2. The summed E-state index contributed by atoms with van der Waals surface area (Å²) in [4.78, 5) is 0. The van der Waals surface area contributed by atoms with Gasteiger partial charge in [-0.3, -0.25) is 0 Å². The monoisotopic (exact) mass is 376 g/mol. The van der Waals surface area contributed by atoms with Gasteiger partial charge in [-0.1, -0.05) is 80.4 Å². The summed E-state index contributed by atoms with van der Waals surface area (Å²) < 4.78 is 18.0. The minimum Gasteiger partial charge on any atom is -0.490 e. The molecule has 28 heavy (non-hydrogen) atoms. The first-order chi connectivity index (χ1) is 13.8. The highest BCUT2D eigenvalue weighted by atomic mass is 16.5. The van der Waals surface area contributed by atoms with Gasteiger partial charge in [0.1, 0.15) is 19.0 Å². The van der Waals surface area contributed by atoms with Crippen molar-refractivity contribution in [2.24, 2.45) is 0 Å². The van der Waals surface area contributed by atoms with Crippen molar-refractivity contribution in [3.05, 3.63) is 90.0 Å². The first-order valence-electron chi connectivity index (χ1n) is 9.95. The average molecular weight is 376 g/mol. The third kappa shape index (κ3) is 6.34. The Morgan fingerprint density at radius 1 is 0.607 bits per heavy atom. The summed E-state index contributed by atoms with van der Waals surface area (Å²) in [5, 5.41) is 0. The molecule has 0 N–H and O–H groups in total. The van der Waals surface area contributed by atoms with Gasteiger partial charge < -0.3 is 14.2 Å². The van der Waals surface area contributed by atoms with Gasteiger partial charge in [-0.25, -0.2) is 0 Å². The Hall–Kier alpha value is -2.94. The Kier molecular flexibility index (Phi) is 7.80. The Morgan fingerprint density at radius 3 is 1.89 bits per heavy atom. The maximum Gasteiger partial charge on any atom is 0.165 e. The lowest BCUT2D eigenvalue weighted by Gasteiger charge is -2.15. The number of hydrogen-bond acceptors (Lipinski definition) is 3. The number of benzene rings is 3. The maximum atomic E-state index is 6.07. The minimum atomic E-state index is 0.494. The van der Waals surface area contributed by atoms with Crippen LogP contribution in [0.25, 0.3) is 0 Å². The van der Waals surface area contributed by atoms with Crippen molar-refractivity contribution in [3.8, 4) is 17.2 Å². The first-order valence-corrected chi connectivity index (χ1v) is 9.95. The molecule has 0 amide bonds. The van der Waals surface area contributed by atoms with Gasteiger partial charge in [0.2, 0.25) is 0 Å². The van der Waals surface area contributed by atoms with Crippen LogP contribution >= 0.6 is 0 Å². The zero-order chi connectivity index (χ0) is 19.4. The van der Waals surface area contributed by atoms with Crippen LogP contribution in [0.3, 0.4) is 0 Å². The molecular formula is C25H28O3. The summed E-state index contributed by atoms with van der Waals surface area (Å²) in [7, 11) is 0. The SMILES string of the molecule is CCCCCOc1ccc(OCc2ccccc2)cc1OCc1ccccc1. The van der Waals surface area contributed by atoms with E-state index in [1.165, 1.54) is 12.8 Å². The van der Waals surface area contributed by atoms with E-state index in [9.17, 15) is 0 Å². The van der Waals surface area contributed by atoms with E-state index in [-0.39, 0.29) is 0 Å². The van der Waals surface area contributed by atoms with Gasteiger partial charge in [-0.2, -0.15) is 0 Å². The van der Waals surface area contributed by atoms with E-state index in [1.54, 1.807) is 0 Å². The van der Waals surface area contributed by atoms with Crippen molar-refractivity contribution in [2.75, 3.05) is 6.61 Å². The molecule has 0 aliphatic carbocycles. The summed E-state index contributed by atoms with van der Waals surface area (Å²) in [6.07, 6.45) is 3.38. The second kappa shape index (κ2) is 11.0. The van der Waals surface area contributed by atoms with E-state index >= 15 is 0 Å². The van der Waals surface area contributed by atoms with Crippen LogP contribution in [0.1, 0.15) is 37.3 Å². The molecule has 0 spiro atoms. The van der Waals surface area contributed by atoms with Crippen LogP contribution in [0.4, 0.5) is 0 Å². The molecule has 0 saturated carbocycles. The van der Waals surface area contributed by atoms with E-state index in [1.807, 2.05) is 54.6 Å². The van der Waals surface area contributed by atoms with Crippen molar-refractivity contribution in [2.45, 2.75) is 39.4 Å². The summed E-state index contributed by atoms with van der Waals surface area (Å²) in [5.41, 5.74) is 2.25. The van der Waals surface area contributed by atoms with Gasteiger partial charge in [0.05, 0.1) is 6.61 Å². The molecule has 146 valence electrons. The van der Waals surface area contributed by atoms with Crippen molar-refractivity contribution in [3.63, 3.8) is 0 Å². The molecule has 0 saturated heterocycles. The van der Waals surface area contributed by atoms with E-state index < -0.39 is 0 Å². The smallest absolute Gasteiger partial charge is 0.165 e. The average Bonchev–Trinajstić information content (AvgIpc) is 2.76. The van der Waals surface area contributed by atoms with Gasteiger partial charge in [0, 0.05) is 6.07 Å². The lowest BCUT2D eigenvalue weighted by Crippen LogP contribution is -2.02. The Labute approximate surface area is 167 Å². The van der Waals surface area contributed by atoms with Crippen LogP contribution in [0.15, 0.2) is 78.9 Å². The van der Waals surface area contributed by atoms with Crippen molar-refractivity contribution < 1.29 is 14.2 Å². The van der Waals surface area contributed by atoms with Crippen LogP contribution in [-0.4, -0.2) is 6.61 Å². The fourth-order valence-electron chi connectivity index (χ4n) is 2.82. The topological polar surface area (TPSA) is 27.7 Å². The standard InChI is InChI=1S/C25H28O3/c1-2-3-10-17-26-24-16-15-23(27-19-21-11-6-4-7-12-21)18-25(24)28-20-22-13-8-5-9-14-22/h4-9,11-16,18H,2-3,10,17,19-20H2,1H3. The third-order valence-electron chi connectivity index (χ3n) is 4.41. The molecule has 0 unspecified atom stereocenters. The molecule has 0 aliphatic rings. The number of rotatable bonds is 11. The van der Waals surface area contributed by atoms with Crippen LogP contribution < -0.4 is 14.2 Å². The van der Waals surface area contributed by atoms with Crippen molar-refractivity contribution in [1.29, 1.82) is 0 Å². The van der Waals surface area contributed by atoms with Gasteiger partial charge in [-0.05, 0) is 29.7 Å². The van der Waals surface area contributed by atoms with Crippen LogP contribution in [0.5, 0.6) is 17.2 Å². The molecular weight excluding hydrogens is 348 g/mol. The summed E-state index contributed by atoms with van der Waals surface area (Å²) in [6.45, 7) is 3.90. The normalized spacial score (nSPS) is 10.5. The minimum absolute atomic E-state index is 0.494. The number of hydrogen-bond donors (Lipinski definition) is 0. The molecule has 0 fully saturated rings. The lowest BCUT2D eigenvalue weighted by molar-refractivity contribution is 0.253. The van der Waals surface area contributed by atoms with Gasteiger partial charge >= 0.3 is 0 Å².